The standard InChI is InChI=1S/C16H27N3O/c1-13(2)17-10-15-6-4-7-16(18-15)12-19-8-5-9-20-14(3)11-19/h4,6-7,13-14,17H,5,8-12H2,1-3H3. The van der Waals surface area contributed by atoms with E-state index in [1.165, 1.54) is 0 Å². The van der Waals surface area contributed by atoms with Crippen LogP contribution in [0.5, 0.6) is 0 Å². The number of ether oxygens (including phenoxy) is 1. The van der Waals surface area contributed by atoms with Crippen molar-refractivity contribution in [1.82, 2.24) is 15.2 Å². The smallest absolute Gasteiger partial charge is 0.0674 e. The molecule has 4 heteroatoms. The van der Waals surface area contributed by atoms with Gasteiger partial charge in [-0.15, -0.1) is 0 Å². The van der Waals surface area contributed by atoms with Crippen LogP contribution in [0.3, 0.4) is 0 Å². The predicted molar refractivity (Wildman–Crippen MR) is 81.5 cm³/mol. The molecule has 1 aromatic heterocycles. The molecule has 1 atom stereocenters. The van der Waals surface area contributed by atoms with Crippen LogP contribution in [-0.4, -0.2) is 41.7 Å². The van der Waals surface area contributed by atoms with E-state index in [-0.39, 0.29) is 0 Å². The highest BCUT2D eigenvalue weighted by Crippen LogP contribution is 2.10. The lowest BCUT2D eigenvalue weighted by molar-refractivity contribution is 0.0666. The summed E-state index contributed by atoms with van der Waals surface area (Å²) in [6, 6.07) is 6.81. The lowest BCUT2D eigenvalue weighted by Gasteiger charge is -2.21. The zero-order valence-corrected chi connectivity index (χ0v) is 12.9. The minimum Gasteiger partial charge on any atom is -0.377 e. The van der Waals surface area contributed by atoms with E-state index in [0.717, 1.165) is 50.6 Å². The molecule has 20 heavy (non-hydrogen) atoms. The first-order valence-corrected chi connectivity index (χ1v) is 7.65. The number of pyridine rings is 1. The number of nitrogens with one attached hydrogen (secondary N) is 1. The second kappa shape index (κ2) is 7.72. The molecule has 2 heterocycles. The first-order valence-electron chi connectivity index (χ1n) is 7.65. The van der Waals surface area contributed by atoms with Crippen LogP contribution in [0.15, 0.2) is 18.2 Å². The molecule has 1 unspecified atom stereocenters. The molecule has 0 bridgehead atoms. The highest BCUT2D eigenvalue weighted by Gasteiger charge is 2.15. The Morgan fingerprint density at radius 2 is 2.20 bits per heavy atom. The van der Waals surface area contributed by atoms with Crippen molar-refractivity contribution in [2.45, 2.75) is 52.4 Å². The second-order valence-electron chi connectivity index (χ2n) is 5.93. The topological polar surface area (TPSA) is 37.4 Å². The molecule has 0 amide bonds. The number of hydrogen-bond donors (Lipinski definition) is 1. The maximum absolute atomic E-state index is 5.69. The van der Waals surface area contributed by atoms with E-state index in [2.05, 4.69) is 49.2 Å². The lowest BCUT2D eigenvalue weighted by Crippen LogP contribution is -2.30. The Bertz CT molecular complexity index is 408. The van der Waals surface area contributed by atoms with Crippen molar-refractivity contribution in [3.05, 3.63) is 29.6 Å². The van der Waals surface area contributed by atoms with E-state index in [4.69, 9.17) is 9.72 Å². The minimum absolute atomic E-state index is 0.322. The number of hydrogen-bond acceptors (Lipinski definition) is 4. The molecule has 0 spiro atoms. The highest BCUT2D eigenvalue weighted by molar-refractivity contribution is 5.11. The van der Waals surface area contributed by atoms with Crippen molar-refractivity contribution in [2.75, 3.05) is 19.7 Å². The molecule has 1 N–H and O–H groups in total. The van der Waals surface area contributed by atoms with Crippen molar-refractivity contribution in [3.8, 4) is 0 Å². The van der Waals surface area contributed by atoms with Crippen LogP contribution < -0.4 is 5.32 Å². The molecule has 2 rings (SSSR count). The largest absolute Gasteiger partial charge is 0.377 e. The summed E-state index contributed by atoms with van der Waals surface area (Å²) >= 11 is 0. The molecule has 1 saturated heterocycles. The Balaban J connectivity index is 1.92. The zero-order valence-electron chi connectivity index (χ0n) is 12.9. The molecule has 0 radical (unpaired) electrons. The predicted octanol–water partition coefficient (Wildman–Crippen LogP) is 2.19. The van der Waals surface area contributed by atoms with Gasteiger partial charge in [0.25, 0.3) is 0 Å². The van der Waals surface area contributed by atoms with Gasteiger partial charge in [0.1, 0.15) is 0 Å². The van der Waals surface area contributed by atoms with Gasteiger partial charge in [0.2, 0.25) is 0 Å². The monoisotopic (exact) mass is 277 g/mol. The van der Waals surface area contributed by atoms with E-state index < -0.39 is 0 Å². The Kier molecular flexibility index (Phi) is 5.95. The molecule has 0 aromatic carbocycles. The third-order valence-corrected chi connectivity index (χ3v) is 3.48. The van der Waals surface area contributed by atoms with Crippen molar-refractivity contribution in [1.29, 1.82) is 0 Å². The van der Waals surface area contributed by atoms with Gasteiger partial charge in [-0.3, -0.25) is 9.88 Å². The molecule has 1 aliphatic heterocycles. The summed E-state index contributed by atoms with van der Waals surface area (Å²) in [5.41, 5.74) is 2.28. The fourth-order valence-corrected chi connectivity index (χ4v) is 2.48. The Morgan fingerprint density at radius 1 is 1.40 bits per heavy atom. The van der Waals surface area contributed by atoms with Crippen molar-refractivity contribution >= 4 is 0 Å². The minimum atomic E-state index is 0.322. The van der Waals surface area contributed by atoms with Gasteiger partial charge in [-0.1, -0.05) is 19.9 Å². The Labute approximate surface area is 122 Å². The lowest BCUT2D eigenvalue weighted by atomic mass is 10.2. The van der Waals surface area contributed by atoms with E-state index in [1.54, 1.807) is 0 Å². The maximum atomic E-state index is 5.69. The average Bonchev–Trinajstić information content (AvgIpc) is 2.61. The Morgan fingerprint density at radius 3 is 3.00 bits per heavy atom. The van der Waals surface area contributed by atoms with Gasteiger partial charge in [-0.05, 0) is 25.5 Å². The fourth-order valence-electron chi connectivity index (χ4n) is 2.48. The molecular weight excluding hydrogens is 250 g/mol. The van der Waals surface area contributed by atoms with Gasteiger partial charge in [-0.25, -0.2) is 0 Å². The van der Waals surface area contributed by atoms with Crippen LogP contribution in [-0.2, 0) is 17.8 Å². The van der Waals surface area contributed by atoms with E-state index in [9.17, 15) is 0 Å². The molecule has 1 fully saturated rings. The SMILES string of the molecule is CC(C)NCc1cccc(CN2CCCOC(C)C2)n1. The van der Waals surface area contributed by atoms with Crippen molar-refractivity contribution < 1.29 is 4.74 Å². The van der Waals surface area contributed by atoms with Crippen LogP contribution in [0.25, 0.3) is 0 Å². The van der Waals surface area contributed by atoms with Crippen molar-refractivity contribution in [2.24, 2.45) is 0 Å². The highest BCUT2D eigenvalue weighted by atomic mass is 16.5. The molecule has 4 nitrogen and oxygen atoms in total. The summed E-state index contributed by atoms with van der Waals surface area (Å²) in [4.78, 5) is 7.19. The van der Waals surface area contributed by atoms with Gasteiger partial charge >= 0.3 is 0 Å². The normalized spacial score (nSPS) is 21.1. The van der Waals surface area contributed by atoms with Crippen LogP contribution in [0, 0.1) is 0 Å². The van der Waals surface area contributed by atoms with Crippen LogP contribution in [0.4, 0.5) is 0 Å². The van der Waals surface area contributed by atoms with Crippen LogP contribution in [0.2, 0.25) is 0 Å². The van der Waals surface area contributed by atoms with Crippen molar-refractivity contribution in [3.63, 3.8) is 0 Å². The summed E-state index contributed by atoms with van der Waals surface area (Å²) in [7, 11) is 0. The van der Waals surface area contributed by atoms with Crippen LogP contribution >= 0.6 is 0 Å². The van der Waals surface area contributed by atoms with E-state index in [0.29, 0.717) is 12.1 Å². The molecule has 112 valence electrons. The summed E-state index contributed by atoms with van der Waals surface area (Å²) in [6.45, 7) is 11.2. The zero-order chi connectivity index (χ0) is 14.4. The summed E-state index contributed by atoms with van der Waals surface area (Å²) in [6.07, 6.45) is 1.43. The van der Waals surface area contributed by atoms with Gasteiger partial charge in [0.15, 0.2) is 0 Å². The van der Waals surface area contributed by atoms with Gasteiger partial charge < -0.3 is 10.1 Å². The third kappa shape index (κ3) is 5.19. The first-order chi connectivity index (χ1) is 9.63. The molecule has 0 aliphatic carbocycles. The van der Waals surface area contributed by atoms with Crippen LogP contribution in [0.1, 0.15) is 38.6 Å². The van der Waals surface area contributed by atoms with Gasteiger partial charge in [-0.2, -0.15) is 0 Å². The number of aromatic nitrogens is 1. The molecule has 1 aliphatic rings. The summed E-state index contributed by atoms with van der Waals surface area (Å²) < 4.78 is 5.69. The van der Waals surface area contributed by atoms with Gasteiger partial charge in [0, 0.05) is 38.8 Å². The fraction of sp³-hybridized carbons (Fsp3) is 0.688. The van der Waals surface area contributed by atoms with E-state index in [1.807, 2.05) is 0 Å². The Hall–Kier alpha value is -0.970. The molecule has 1 aromatic rings. The maximum Gasteiger partial charge on any atom is 0.0674 e. The number of rotatable bonds is 5. The van der Waals surface area contributed by atoms with Gasteiger partial charge in [0.05, 0.1) is 17.5 Å². The molecular formula is C16H27N3O. The quantitative estimate of drug-likeness (QED) is 0.895. The second-order valence-corrected chi connectivity index (χ2v) is 5.93. The molecule has 0 saturated carbocycles. The first kappa shape index (κ1) is 15.4. The third-order valence-electron chi connectivity index (χ3n) is 3.48. The number of nitrogens with zero attached hydrogens (tertiary/aromatic N) is 2. The van der Waals surface area contributed by atoms with E-state index >= 15 is 0 Å². The average molecular weight is 277 g/mol. The summed E-state index contributed by atoms with van der Waals surface area (Å²) in [5, 5.41) is 3.41. The summed E-state index contributed by atoms with van der Waals surface area (Å²) in [5.74, 6) is 0.